The highest BCUT2D eigenvalue weighted by Gasteiger charge is 2.55. The Morgan fingerprint density at radius 3 is 2.71 bits per heavy atom. The minimum atomic E-state index is 0.250. The highest BCUT2D eigenvalue weighted by Crippen LogP contribution is 2.64. The third-order valence-electron chi connectivity index (χ3n) is 7.72. The first-order chi connectivity index (χ1) is 10.1. The summed E-state index contributed by atoms with van der Waals surface area (Å²) in [4.78, 5) is 11.5. The van der Waals surface area contributed by atoms with E-state index in [-0.39, 0.29) is 5.41 Å². The van der Waals surface area contributed by atoms with E-state index in [0.717, 1.165) is 12.3 Å². The van der Waals surface area contributed by atoms with Gasteiger partial charge in [0, 0.05) is 5.92 Å². The molecule has 1 heteroatoms. The lowest BCUT2D eigenvalue weighted by molar-refractivity contribution is -0.114. The van der Waals surface area contributed by atoms with Crippen LogP contribution >= 0.6 is 0 Å². The van der Waals surface area contributed by atoms with Crippen molar-refractivity contribution in [1.82, 2.24) is 0 Å². The third kappa shape index (κ3) is 1.72. The second-order valence-electron chi connectivity index (χ2n) is 8.45. The predicted octanol–water partition coefficient (Wildman–Crippen LogP) is 5.07. The largest absolute Gasteiger partial charge is 0.303 e. The van der Waals surface area contributed by atoms with Gasteiger partial charge in [-0.2, -0.15) is 0 Å². The maximum atomic E-state index is 11.5. The molecule has 0 amide bonds. The number of fused-ring (bicyclic) bond motifs is 5. The molecule has 1 unspecified atom stereocenters. The number of hydrogen-bond acceptors (Lipinski definition) is 1. The number of aldehydes is 1. The molecule has 5 atom stereocenters. The first kappa shape index (κ1) is 13.8. The fourth-order valence-corrected chi connectivity index (χ4v) is 6.30. The lowest BCUT2D eigenvalue weighted by atomic mass is 9.51. The Hall–Kier alpha value is -0.850. The molecular formula is C20H28O. The highest BCUT2D eigenvalue weighted by molar-refractivity contribution is 5.57. The third-order valence-corrected chi connectivity index (χ3v) is 7.72. The average Bonchev–Trinajstić information content (AvgIpc) is 2.83. The number of carbonyl (C=O) groups excluding carboxylic acids is 1. The smallest absolute Gasteiger partial charge is 0.123 e. The molecule has 0 aromatic carbocycles. The Morgan fingerprint density at radius 1 is 1.05 bits per heavy atom. The Balaban J connectivity index is 1.74. The minimum absolute atomic E-state index is 0.250. The van der Waals surface area contributed by atoms with Crippen molar-refractivity contribution < 1.29 is 4.79 Å². The monoisotopic (exact) mass is 284 g/mol. The predicted molar refractivity (Wildman–Crippen MR) is 85.9 cm³/mol. The Morgan fingerprint density at radius 2 is 1.90 bits per heavy atom. The van der Waals surface area contributed by atoms with Gasteiger partial charge >= 0.3 is 0 Å². The quantitative estimate of drug-likeness (QED) is 0.614. The van der Waals surface area contributed by atoms with Crippen molar-refractivity contribution in [2.24, 2.45) is 28.6 Å². The van der Waals surface area contributed by atoms with E-state index in [4.69, 9.17) is 0 Å². The Bertz CT molecular complexity index is 528. The summed E-state index contributed by atoms with van der Waals surface area (Å²) in [6.07, 6.45) is 16.6. The molecular weight excluding hydrogens is 256 g/mol. The van der Waals surface area contributed by atoms with Gasteiger partial charge in [0.05, 0.1) is 0 Å². The molecule has 4 aliphatic rings. The van der Waals surface area contributed by atoms with Crippen LogP contribution in [0, 0.1) is 28.6 Å². The maximum Gasteiger partial charge on any atom is 0.123 e. The SMILES string of the molecule is C[C@]12CCCCC1=CC=C1[C@@H]2CC[C@]2(C)C(C=O)CC[C@@H]12. The van der Waals surface area contributed by atoms with Crippen molar-refractivity contribution in [2.75, 3.05) is 0 Å². The summed E-state index contributed by atoms with van der Waals surface area (Å²) in [5.41, 5.74) is 4.11. The number of allylic oxidation sites excluding steroid dienone is 4. The van der Waals surface area contributed by atoms with Crippen LogP contribution in [0.4, 0.5) is 0 Å². The number of carbonyl (C=O) groups is 1. The fraction of sp³-hybridized carbons (Fsp3) is 0.750. The zero-order valence-corrected chi connectivity index (χ0v) is 13.5. The van der Waals surface area contributed by atoms with Gasteiger partial charge in [-0.15, -0.1) is 0 Å². The van der Waals surface area contributed by atoms with Crippen molar-refractivity contribution in [3.05, 3.63) is 23.3 Å². The van der Waals surface area contributed by atoms with Gasteiger partial charge in [0.25, 0.3) is 0 Å². The van der Waals surface area contributed by atoms with E-state index < -0.39 is 0 Å². The van der Waals surface area contributed by atoms with Crippen molar-refractivity contribution in [2.45, 2.75) is 65.2 Å². The summed E-state index contributed by atoms with van der Waals surface area (Å²) >= 11 is 0. The van der Waals surface area contributed by atoms with Crippen LogP contribution in [-0.2, 0) is 4.79 Å². The molecule has 0 aliphatic heterocycles. The molecule has 4 rings (SSSR count). The zero-order chi connectivity index (χ0) is 14.7. The maximum absolute atomic E-state index is 11.5. The minimum Gasteiger partial charge on any atom is -0.303 e. The molecule has 4 aliphatic carbocycles. The van der Waals surface area contributed by atoms with E-state index in [1.54, 1.807) is 11.1 Å². The molecule has 3 fully saturated rings. The molecule has 0 spiro atoms. The molecule has 0 aromatic rings. The summed E-state index contributed by atoms with van der Waals surface area (Å²) < 4.78 is 0. The van der Waals surface area contributed by atoms with E-state index in [9.17, 15) is 4.79 Å². The first-order valence-electron chi connectivity index (χ1n) is 8.96. The molecule has 0 N–H and O–H groups in total. The van der Waals surface area contributed by atoms with Crippen molar-refractivity contribution >= 4 is 6.29 Å². The molecule has 114 valence electrons. The topological polar surface area (TPSA) is 17.1 Å². The molecule has 0 bridgehead atoms. The second kappa shape index (κ2) is 4.57. The zero-order valence-electron chi connectivity index (χ0n) is 13.5. The second-order valence-corrected chi connectivity index (χ2v) is 8.45. The van der Waals surface area contributed by atoms with Crippen molar-refractivity contribution in [3.63, 3.8) is 0 Å². The molecule has 1 nitrogen and oxygen atoms in total. The lowest BCUT2D eigenvalue weighted by Crippen LogP contribution is -2.44. The van der Waals surface area contributed by atoms with E-state index in [0.29, 0.717) is 17.3 Å². The summed E-state index contributed by atoms with van der Waals surface area (Å²) in [5.74, 6) is 1.73. The van der Waals surface area contributed by atoms with E-state index in [2.05, 4.69) is 26.0 Å². The van der Waals surface area contributed by atoms with Crippen LogP contribution in [0.15, 0.2) is 23.3 Å². The van der Waals surface area contributed by atoms with Gasteiger partial charge < -0.3 is 4.79 Å². The normalized spacial score (nSPS) is 48.6. The summed E-state index contributed by atoms with van der Waals surface area (Å²) in [7, 11) is 0. The van der Waals surface area contributed by atoms with Gasteiger partial charge in [0.15, 0.2) is 0 Å². The molecule has 0 heterocycles. The van der Waals surface area contributed by atoms with Crippen LogP contribution in [0.25, 0.3) is 0 Å². The van der Waals surface area contributed by atoms with Crippen LogP contribution in [0.5, 0.6) is 0 Å². The molecule has 3 saturated carbocycles. The van der Waals surface area contributed by atoms with Crippen molar-refractivity contribution in [3.8, 4) is 0 Å². The lowest BCUT2D eigenvalue weighted by Gasteiger charge is -2.53. The molecule has 21 heavy (non-hydrogen) atoms. The van der Waals surface area contributed by atoms with Gasteiger partial charge in [0.2, 0.25) is 0 Å². The molecule has 0 radical (unpaired) electrons. The van der Waals surface area contributed by atoms with Crippen LogP contribution in [0.1, 0.15) is 65.2 Å². The van der Waals surface area contributed by atoms with Gasteiger partial charge in [-0.05, 0) is 67.6 Å². The van der Waals surface area contributed by atoms with Crippen LogP contribution in [-0.4, -0.2) is 6.29 Å². The standard InChI is InChI=1S/C20H28O/c1-19-11-4-3-5-14(19)6-8-16-17-9-7-15(13-21)20(17,2)12-10-18(16)19/h6,8,13,15,17-18H,3-5,7,9-12H2,1-2H3/t15?,17-,18-,19-,20+/m0/s1. The number of hydrogen-bond donors (Lipinski definition) is 0. The Labute approximate surface area is 128 Å². The summed E-state index contributed by atoms with van der Waals surface area (Å²) in [6, 6.07) is 0. The first-order valence-corrected chi connectivity index (χ1v) is 8.96. The summed E-state index contributed by atoms with van der Waals surface area (Å²) in [5, 5.41) is 0. The van der Waals surface area contributed by atoms with Gasteiger partial charge in [-0.1, -0.05) is 43.6 Å². The van der Waals surface area contributed by atoms with Crippen molar-refractivity contribution in [1.29, 1.82) is 0 Å². The van der Waals surface area contributed by atoms with Crippen LogP contribution in [0.2, 0.25) is 0 Å². The van der Waals surface area contributed by atoms with E-state index in [1.165, 1.54) is 51.2 Å². The van der Waals surface area contributed by atoms with E-state index >= 15 is 0 Å². The van der Waals surface area contributed by atoms with Crippen LogP contribution < -0.4 is 0 Å². The highest BCUT2D eigenvalue weighted by atomic mass is 16.1. The van der Waals surface area contributed by atoms with Crippen LogP contribution in [0.3, 0.4) is 0 Å². The van der Waals surface area contributed by atoms with Gasteiger partial charge in [-0.25, -0.2) is 0 Å². The fourth-order valence-electron chi connectivity index (χ4n) is 6.30. The molecule has 0 aromatic heterocycles. The number of rotatable bonds is 1. The Kier molecular flexibility index (Phi) is 3.00. The van der Waals surface area contributed by atoms with Gasteiger partial charge in [0.1, 0.15) is 6.29 Å². The van der Waals surface area contributed by atoms with E-state index in [1.807, 2.05) is 0 Å². The molecule has 0 saturated heterocycles. The summed E-state index contributed by atoms with van der Waals surface area (Å²) in [6.45, 7) is 4.92. The van der Waals surface area contributed by atoms with Gasteiger partial charge in [-0.3, -0.25) is 0 Å². The average molecular weight is 284 g/mol.